The van der Waals surface area contributed by atoms with E-state index in [1.165, 1.54) is 6.92 Å². The van der Waals surface area contributed by atoms with E-state index in [4.69, 9.17) is 35.7 Å². The molecule has 4 aromatic rings. The van der Waals surface area contributed by atoms with Crippen molar-refractivity contribution in [3.8, 4) is 0 Å². The zero-order valence-corrected chi connectivity index (χ0v) is 23.4. The molecule has 6 rings (SSSR count). The van der Waals surface area contributed by atoms with Gasteiger partial charge in [-0.25, -0.2) is 15.0 Å². The summed E-state index contributed by atoms with van der Waals surface area (Å²) in [6, 6.07) is 19.9. The maximum absolute atomic E-state index is 11.8. The molecule has 3 heterocycles. The molecule has 0 spiro atoms. The molecule has 4 N–H and O–H groups in total. The number of rotatable bonds is 10. The van der Waals surface area contributed by atoms with Crippen molar-refractivity contribution in [1.29, 1.82) is 0 Å². The number of aliphatic imine (C=N–C) groups is 2. The predicted octanol–water partition coefficient (Wildman–Crippen LogP) is 3.35. The third kappa shape index (κ3) is 6.02. The van der Waals surface area contributed by atoms with E-state index in [0.717, 1.165) is 28.1 Å². The molecule has 2 aliphatic rings. The third-order valence-electron chi connectivity index (χ3n) is 7.49. The van der Waals surface area contributed by atoms with Crippen molar-refractivity contribution in [3.63, 3.8) is 0 Å². The monoisotopic (exact) mass is 563 g/mol. The lowest BCUT2D eigenvalue weighted by Gasteiger charge is -2.19. The second-order valence-electron chi connectivity index (χ2n) is 10.9. The molecule has 10 nitrogen and oxygen atoms in total. The number of hydrogen-bond donors (Lipinski definition) is 2. The molecule has 2 aromatic carbocycles. The molecule has 1 aliphatic heterocycles. The van der Waals surface area contributed by atoms with Crippen LogP contribution in [0.1, 0.15) is 46.8 Å². The second-order valence-corrected chi connectivity index (χ2v) is 10.9. The Morgan fingerprint density at radius 3 is 2.57 bits per heavy atom. The number of nitrogens with zero attached hydrogens (tertiary/aromatic N) is 5. The number of hydrogen-bond acceptors (Lipinski definition) is 7. The second kappa shape index (κ2) is 11.5. The van der Waals surface area contributed by atoms with E-state index in [1.54, 1.807) is 12.3 Å². The van der Waals surface area contributed by atoms with Crippen molar-refractivity contribution in [2.45, 2.75) is 50.2 Å². The summed E-state index contributed by atoms with van der Waals surface area (Å²) in [7, 11) is 0. The molecule has 42 heavy (non-hydrogen) atoms. The number of ketones is 1. The van der Waals surface area contributed by atoms with Gasteiger partial charge in [0.05, 0.1) is 23.3 Å². The molecule has 0 amide bonds. The van der Waals surface area contributed by atoms with Crippen molar-refractivity contribution >= 4 is 17.6 Å². The van der Waals surface area contributed by atoms with Crippen molar-refractivity contribution in [1.82, 2.24) is 14.8 Å². The van der Waals surface area contributed by atoms with Gasteiger partial charge < -0.3 is 20.6 Å². The minimum atomic E-state index is -0.660. The van der Waals surface area contributed by atoms with Crippen molar-refractivity contribution in [3.05, 3.63) is 119 Å². The number of fused-ring (bicyclic) bond motifs is 1. The lowest BCUT2D eigenvalue weighted by atomic mass is 9.92. The summed E-state index contributed by atoms with van der Waals surface area (Å²) >= 11 is 0. The topological polar surface area (TPSA) is 147 Å². The van der Waals surface area contributed by atoms with Crippen LogP contribution in [0, 0.1) is 0 Å². The Balaban J connectivity index is 1.25. The van der Waals surface area contributed by atoms with Crippen LogP contribution in [-0.2, 0) is 35.3 Å². The van der Waals surface area contributed by atoms with Gasteiger partial charge in [0.2, 0.25) is 11.8 Å². The number of carbonyl (C=O) groups is 1. The Morgan fingerprint density at radius 1 is 1.12 bits per heavy atom. The fraction of sp³-hybridized carbons (Fsp3) is 0.281. The summed E-state index contributed by atoms with van der Waals surface area (Å²) in [5.41, 5.74) is 15.8. The lowest BCUT2D eigenvalue weighted by molar-refractivity contribution is -0.112. The smallest absolute Gasteiger partial charge is 0.206 e. The van der Waals surface area contributed by atoms with E-state index in [1.807, 2.05) is 53.4 Å². The van der Waals surface area contributed by atoms with Gasteiger partial charge in [-0.05, 0) is 30.2 Å². The molecular weight excluding hydrogens is 530 g/mol. The Kier molecular flexibility index (Phi) is 7.43. The van der Waals surface area contributed by atoms with Crippen LogP contribution in [0.25, 0.3) is 0 Å². The highest BCUT2D eigenvalue weighted by Gasteiger charge is 2.40. The van der Waals surface area contributed by atoms with Crippen LogP contribution < -0.4 is 11.5 Å². The predicted molar refractivity (Wildman–Crippen MR) is 159 cm³/mol. The number of ether oxygens (including phenoxy) is 1. The normalized spacial score (nSPS) is 21.2. The Morgan fingerprint density at radius 2 is 1.86 bits per heavy atom. The summed E-state index contributed by atoms with van der Waals surface area (Å²) in [6.07, 6.45) is 8.91. The van der Waals surface area contributed by atoms with Gasteiger partial charge in [0.15, 0.2) is 11.7 Å². The molecule has 214 valence electrons. The van der Waals surface area contributed by atoms with Crippen LogP contribution in [0.4, 0.5) is 0 Å². The number of carbonyl (C=O) groups excluding carboxylic acids is 1. The van der Waals surface area contributed by atoms with E-state index in [9.17, 15) is 4.79 Å². The molecule has 3 unspecified atom stereocenters. The molecule has 0 fully saturated rings. The van der Waals surface area contributed by atoms with E-state index in [-0.39, 0.29) is 23.7 Å². The highest BCUT2D eigenvalue weighted by atomic mass is 16.5. The zero-order valence-electron chi connectivity index (χ0n) is 23.4. The molecule has 2 aromatic heterocycles. The fourth-order valence-electron chi connectivity index (χ4n) is 5.66. The van der Waals surface area contributed by atoms with Crippen molar-refractivity contribution < 1.29 is 13.9 Å². The molecular formula is C32H33N7O3. The summed E-state index contributed by atoms with van der Waals surface area (Å²) in [5, 5.41) is 4.83. The van der Waals surface area contributed by atoms with E-state index in [2.05, 4.69) is 29.3 Å². The van der Waals surface area contributed by atoms with Gasteiger partial charge in [0.25, 0.3) is 0 Å². The summed E-state index contributed by atoms with van der Waals surface area (Å²) in [6.45, 7) is 2.22. The minimum absolute atomic E-state index is 0.0150. The van der Waals surface area contributed by atoms with Gasteiger partial charge >= 0.3 is 0 Å². The number of aromatic nitrogens is 3. The number of guanidine groups is 1. The zero-order chi connectivity index (χ0) is 29.1. The molecule has 0 saturated carbocycles. The van der Waals surface area contributed by atoms with Crippen molar-refractivity contribution in [2.24, 2.45) is 21.5 Å². The first-order valence-electron chi connectivity index (χ1n) is 13.9. The van der Waals surface area contributed by atoms with Crippen LogP contribution in [0.5, 0.6) is 0 Å². The van der Waals surface area contributed by atoms with E-state index < -0.39 is 5.54 Å². The number of allylic oxidation sites excluding steroid dienone is 1. The maximum Gasteiger partial charge on any atom is 0.206 e. The molecule has 3 atom stereocenters. The molecule has 10 heteroatoms. The first-order chi connectivity index (χ1) is 20.4. The van der Waals surface area contributed by atoms with Crippen LogP contribution in [-0.4, -0.2) is 50.6 Å². The fourth-order valence-corrected chi connectivity index (χ4v) is 5.66. The molecule has 0 bridgehead atoms. The number of oxazole rings is 1. The maximum atomic E-state index is 11.8. The summed E-state index contributed by atoms with van der Waals surface area (Å²) < 4.78 is 13.9. The van der Waals surface area contributed by atoms with E-state index in [0.29, 0.717) is 44.2 Å². The van der Waals surface area contributed by atoms with Gasteiger partial charge in [-0.1, -0.05) is 60.7 Å². The first-order valence-corrected chi connectivity index (χ1v) is 13.9. The minimum Gasteiger partial charge on any atom is -0.477 e. The summed E-state index contributed by atoms with van der Waals surface area (Å²) in [4.78, 5) is 26.0. The Bertz CT molecular complexity index is 1650. The summed E-state index contributed by atoms with van der Waals surface area (Å²) in [5.74, 6) is 0.817. The van der Waals surface area contributed by atoms with Gasteiger partial charge in [0, 0.05) is 31.0 Å². The SMILES string of the molecule is CC(=O)/C=C/C1(Cc2ccccc2)COC(Cn2cc3c(n2)CC(N=C(N)N)C3c2nc(Cc3ccccc3)co2)=N1. The van der Waals surface area contributed by atoms with Gasteiger partial charge in [0.1, 0.15) is 25.0 Å². The van der Waals surface area contributed by atoms with Crippen LogP contribution in [0.3, 0.4) is 0 Å². The quantitative estimate of drug-likeness (QED) is 0.171. The van der Waals surface area contributed by atoms with Gasteiger partial charge in [-0.15, -0.1) is 0 Å². The molecule has 0 radical (unpaired) electrons. The number of benzene rings is 2. The van der Waals surface area contributed by atoms with Crippen LogP contribution >= 0.6 is 0 Å². The average Bonchev–Trinajstić information content (AvgIpc) is 3.73. The van der Waals surface area contributed by atoms with Crippen LogP contribution in [0.2, 0.25) is 0 Å². The largest absolute Gasteiger partial charge is 0.477 e. The highest BCUT2D eigenvalue weighted by Crippen LogP contribution is 2.39. The van der Waals surface area contributed by atoms with Gasteiger partial charge in [-0.2, -0.15) is 5.10 Å². The molecule has 0 saturated heterocycles. The Labute approximate surface area is 243 Å². The third-order valence-corrected chi connectivity index (χ3v) is 7.49. The lowest BCUT2D eigenvalue weighted by Crippen LogP contribution is -2.28. The Hall–Kier alpha value is -4.99. The van der Waals surface area contributed by atoms with Crippen LogP contribution in [0.15, 0.2) is 99.7 Å². The first kappa shape index (κ1) is 27.2. The standard InChI is InChI=1S/C32H33N7O3/c1-21(40)12-13-32(16-23-10-6-3-7-11-23)20-42-28(37-32)18-39-17-25-26(38-39)15-27(36-31(33)34)29(25)30-35-24(19-41-30)14-22-8-4-2-5-9-22/h2-13,17,19,27,29H,14-16,18,20H2,1H3,(H4,33,34,36)/b13-12+. The van der Waals surface area contributed by atoms with Crippen molar-refractivity contribution in [2.75, 3.05) is 6.61 Å². The number of nitrogens with two attached hydrogens (primary N) is 2. The highest BCUT2D eigenvalue weighted by molar-refractivity contribution is 5.87. The average molecular weight is 564 g/mol. The van der Waals surface area contributed by atoms with E-state index >= 15 is 0 Å². The van der Waals surface area contributed by atoms with Gasteiger partial charge in [-0.3, -0.25) is 9.48 Å². The molecule has 1 aliphatic carbocycles.